The number of hydrogen-bond acceptors (Lipinski definition) is 5. The topological polar surface area (TPSA) is 93.7 Å². The fraction of sp³-hybridized carbons (Fsp3) is 0.375. The average Bonchev–Trinajstić information content (AvgIpc) is 2.78. The van der Waals surface area contributed by atoms with Crippen LogP contribution in [0.25, 0.3) is 0 Å². The Balaban J connectivity index is 1.86. The number of carbonyl (C=O) groups is 3. The van der Waals surface area contributed by atoms with Crippen molar-refractivity contribution in [3.8, 4) is 0 Å². The van der Waals surface area contributed by atoms with Gasteiger partial charge in [0.05, 0.1) is 13.2 Å². The molecule has 0 radical (unpaired) electrons. The van der Waals surface area contributed by atoms with Gasteiger partial charge < -0.3 is 24.9 Å². The summed E-state index contributed by atoms with van der Waals surface area (Å²) in [5.74, 6) is -0.347. The first-order valence-electron chi connectivity index (χ1n) is 10.4. The van der Waals surface area contributed by atoms with Crippen LogP contribution in [0.5, 0.6) is 0 Å². The Morgan fingerprint density at radius 1 is 1.00 bits per heavy atom. The number of nitrogens with one attached hydrogen (secondary N) is 2. The van der Waals surface area contributed by atoms with Gasteiger partial charge in [0, 0.05) is 5.02 Å². The van der Waals surface area contributed by atoms with Crippen LogP contribution in [0.4, 0.5) is 4.79 Å². The number of ether oxygens (including phenoxy) is 2. The average molecular weight is 461 g/mol. The molecular formula is C24H29ClN2O5. The molecule has 0 heterocycles. The summed E-state index contributed by atoms with van der Waals surface area (Å²) in [5, 5.41) is 5.77. The Morgan fingerprint density at radius 3 is 2.34 bits per heavy atom. The Hall–Kier alpha value is -2.90. The number of halogens is 1. The summed E-state index contributed by atoms with van der Waals surface area (Å²) in [6.45, 7) is 4.14. The second-order valence-corrected chi connectivity index (χ2v) is 8.15. The van der Waals surface area contributed by atoms with Crippen molar-refractivity contribution in [1.29, 1.82) is 0 Å². The zero-order chi connectivity index (χ0) is 23.3. The molecule has 0 spiro atoms. The Kier molecular flexibility index (Phi) is 10.7. The predicted molar refractivity (Wildman–Crippen MR) is 122 cm³/mol. The minimum atomic E-state index is -0.859. The van der Waals surface area contributed by atoms with E-state index in [9.17, 15) is 14.4 Å². The lowest BCUT2D eigenvalue weighted by atomic mass is 10.0. The molecule has 0 saturated heterocycles. The molecule has 0 fully saturated rings. The van der Waals surface area contributed by atoms with Gasteiger partial charge >= 0.3 is 6.09 Å². The fourth-order valence-electron chi connectivity index (χ4n) is 2.92. The number of rotatable bonds is 12. The second-order valence-electron chi connectivity index (χ2n) is 7.75. The first-order chi connectivity index (χ1) is 15.4. The lowest BCUT2D eigenvalue weighted by Gasteiger charge is -2.22. The van der Waals surface area contributed by atoms with E-state index >= 15 is 0 Å². The lowest BCUT2D eigenvalue weighted by molar-refractivity contribution is -0.127. The lowest BCUT2D eigenvalue weighted by Crippen LogP contribution is -2.51. The molecule has 2 aromatic rings. The van der Waals surface area contributed by atoms with E-state index in [1.54, 1.807) is 6.07 Å². The normalized spacial score (nSPS) is 12.6. The quantitative estimate of drug-likeness (QED) is 0.469. The highest BCUT2D eigenvalue weighted by atomic mass is 35.5. The third kappa shape index (κ3) is 9.08. The molecule has 2 rings (SSSR count). The van der Waals surface area contributed by atoms with Crippen LogP contribution in [-0.4, -0.2) is 37.0 Å². The van der Waals surface area contributed by atoms with Gasteiger partial charge in [0.15, 0.2) is 0 Å². The molecule has 2 atom stereocenters. The summed E-state index contributed by atoms with van der Waals surface area (Å²) in [7, 11) is 0. The van der Waals surface area contributed by atoms with E-state index in [1.165, 1.54) is 0 Å². The van der Waals surface area contributed by atoms with Crippen LogP contribution in [0.1, 0.15) is 31.4 Å². The van der Waals surface area contributed by atoms with Gasteiger partial charge in [-0.2, -0.15) is 0 Å². The molecule has 8 heteroatoms. The van der Waals surface area contributed by atoms with Crippen LogP contribution in [0.15, 0.2) is 54.6 Å². The Labute approximate surface area is 193 Å². The number of alkyl carbamates (subject to hydrolysis) is 1. The monoisotopic (exact) mass is 460 g/mol. The molecule has 0 aliphatic rings. The summed E-state index contributed by atoms with van der Waals surface area (Å²) < 4.78 is 10.8. The first-order valence-corrected chi connectivity index (χ1v) is 10.8. The summed E-state index contributed by atoms with van der Waals surface area (Å²) in [6.07, 6.45) is 0.287. The van der Waals surface area contributed by atoms with Crippen LogP contribution in [0.2, 0.25) is 5.02 Å². The Morgan fingerprint density at radius 2 is 1.69 bits per heavy atom. The van der Waals surface area contributed by atoms with Crippen molar-refractivity contribution in [3.63, 3.8) is 0 Å². The molecule has 2 amide bonds. The molecule has 2 N–H and O–H groups in total. The van der Waals surface area contributed by atoms with Crippen LogP contribution in [0.3, 0.4) is 0 Å². The standard InChI is InChI=1S/C24H29ClN2O5/c1-17(2)12-22(27-24(30)32-14-18-8-4-3-5-9-18)23(29)26-20(13-28)16-31-15-19-10-6-7-11-21(19)25/h3-11,13,17,20,22H,12,14-16H2,1-2H3,(H,26,29)(H,27,30)/t20?,22-/m0/s1. The summed E-state index contributed by atoms with van der Waals surface area (Å²) in [4.78, 5) is 36.4. The molecular weight excluding hydrogens is 432 g/mol. The number of aldehydes is 1. The highest BCUT2D eigenvalue weighted by Gasteiger charge is 2.25. The van der Waals surface area contributed by atoms with Crippen molar-refractivity contribution >= 4 is 29.9 Å². The minimum Gasteiger partial charge on any atom is -0.445 e. The maximum absolute atomic E-state index is 12.7. The zero-order valence-corrected chi connectivity index (χ0v) is 19.0. The molecule has 0 aromatic heterocycles. The van der Waals surface area contributed by atoms with Crippen molar-refractivity contribution in [2.24, 2.45) is 5.92 Å². The number of amides is 2. The van der Waals surface area contributed by atoms with Gasteiger partial charge in [0.1, 0.15) is 25.0 Å². The highest BCUT2D eigenvalue weighted by molar-refractivity contribution is 6.31. The molecule has 32 heavy (non-hydrogen) atoms. The van der Waals surface area contributed by atoms with Crippen molar-refractivity contribution in [2.75, 3.05) is 6.61 Å². The molecule has 1 unspecified atom stereocenters. The first kappa shape index (κ1) is 25.4. The third-order valence-electron chi connectivity index (χ3n) is 4.53. The highest BCUT2D eigenvalue weighted by Crippen LogP contribution is 2.15. The van der Waals surface area contributed by atoms with E-state index in [-0.39, 0.29) is 25.7 Å². The van der Waals surface area contributed by atoms with Crippen LogP contribution < -0.4 is 10.6 Å². The van der Waals surface area contributed by atoms with E-state index in [4.69, 9.17) is 21.1 Å². The van der Waals surface area contributed by atoms with Gasteiger partial charge in [-0.1, -0.05) is 74.0 Å². The molecule has 0 bridgehead atoms. The van der Waals surface area contributed by atoms with E-state index in [1.807, 2.05) is 62.4 Å². The molecule has 7 nitrogen and oxygen atoms in total. The molecule has 0 aliphatic carbocycles. The zero-order valence-electron chi connectivity index (χ0n) is 18.3. The second kappa shape index (κ2) is 13.5. The molecule has 0 aliphatic heterocycles. The molecule has 172 valence electrons. The van der Waals surface area contributed by atoms with Crippen LogP contribution in [-0.2, 0) is 32.3 Å². The van der Waals surface area contributed by atoms with E-state index in [0.717, 1.165) is 11.1 Å². The maximum atomic E-state index is 12.7. The van der Waals surface area contributed by atoms with E-state index < -0.39 is 24.1 Å². The van der Waals surface area contributed by atoms with Crippen molar-refractivity contribution < 1.29 is 23.9 Å². The van der Waals surface area contributed by atoms with Crippen molar-refractivity contribution in [2.45, 2.75) is 45.6 Å². The molecule has 2 aromatic carbocycles. The smallest absolute Gasteiger partial charge is 0.408 e. The van der Waals surface area contributed by atoms with Gasteiger partial charge in [-0.3, -0.25) is 4.79 Å². The van der Waals surface area contributed by atoms with Gasteiger partial charge in [-0.15, -0.1) is 0 Å². The van der Waals surface area contributed by atoms with Crippen LogP contribution in [0, 0.1) is 5.92 Å². The van der Waals surface area contributed by atoms with Gasteiger partial charge in [-0.25, -0.2) is 4.79 Å². The van der Waals surface area contributed by atoms with Gasteiger partial charge in [0.25, 0.3) is 0 Å². The van der Waals surface area contributed by atoms with Crippen molar-refractivity contribution in [3.05, 3.63) is 70.7 Å². The van der Waals surface area contributed by atoms with Gasteiger partial charge in [0.2, 0.25) is 5.91 Å². The Bertz CT molecular complexity index is 876. The number of benzene rings is 2. The largest absolute Gasteiger partial charge is 0.445 e. The number of carbonyl (C=O) groups excluding carboxylic acids is 3. The fourth-order valence-corrected chi connectivity index (χ4v) is 3.11. The van der Waals surface area contributed by atoms with Crippen LogP contribution >= 0.6 is 11.6 Å². The minimum absolute atomic E-state index is 0.0205. The summed E-state index contributed by atoms with van der Waals surface area (Å²) in [5.41, 5.74) is 1.62. The summed E-state index contributed by atoms with van der Waals surface area (Å²) in [6, 6.07) is 14.7. The van der Waals surface area contributed by atoms with E-state index in [0.29, 0.717) is 17.7 Å². The third-order valence-corrected chi connectivity index (χ3v) is 4.90. The number of hydrogen-bond donors (Lipinski definition) is 2. The molecule has 0 saturated carbocycles. The SMILES string of the molecule is CC(C)C[C@H](NC(=O)OCc1ccccc1)C(=O)NC(C=O)COCc1ccccc1Cl. The van der Waals surface area contributed by atoms with Gasteiger partial charge in [-0.05, 0) is 29.5 Å². The summed E-state index contributed by atoms with van der Waals surface area (Å²) >= 11 is 6.09. The maximum Gasteiger partial charge on any atom is 0.408 e. The predicted octanol–water partition coefficient (Wildman–Crippen LogP) is 3.88. The van der Waals surface area contributed by atoms with E-state index in [2.05, 4.69) is 10.6 Å². The van der Waals surface area contributed by atoms with Crippen molar-refractivity contribution in [1.82, 2.24) is 10.6 Å².